The minimum Gasteiger partial charge on any atom is -0.385 e. The van der Waals surface area contributed by atoms with Crippen LogP contribution in [0.5, 0.6) is 0 Å². The Balaban J connectivity index is 2.25. The van der Waals surface area contributed by atoms with E-state index in [2.05, 4.69) is 29.4 Å². The van der Waals surface area contributed by atoms with Gasteiger partial charge in [0.05, 0.1) is 6.54 Å². The first-order chi connectivity index (χ1) is 9.71. The Kier molecular flexibility index (Phi) is 8.82. The van der Waals surface area contributed by atoms with Crippen molar-refractivity contribution in [3.05, 3.63) is 0 Å². The second kappa shape index (κ2) is 10.1. The summed E-state index contributed by atoms with van der Waals surface area (Å²) in [5.41, 5.74) is 0. The molecule has 20 heavy (non-hydrogen) atoms. The first-order valence-corrected chi connectivity index (χ1v) is 7.92. The van der Waals surface area contributed by atoms with Crippen molar-refractivity contribution in [1.29, 1.82) is 0 Å². The molecule has 0 radical (unpaired) electrons. The first-order valence-electron chi connectivity index (χ1n) is 7.92. The maximum absolute atomic E-state index is 11.9. The average Bonchev–Trinajstić information content (AvgIpc) is 2.45. The van der Waals surface area contributed by atoms with Crippen LogP contribution in [0.1, 0.15) is 33.1 Å². The van der Waals surface area contributed by atoms with Gasteiger partial charge in [-0.2, -0.15) is 0 Å². The molecule has 0 spiro atoms. The summed E-state index contributed by atoms with van der Waals surface area (Å²) in [7, 11) is 1.68. The van der Waals surface area contributed by atoms with Crippen LogP contribution in [0, 0.1) is 5.92 Å². The zero-order valence-corrected chi connectivity index (χ0v) is 13.3. The highest BCUT2D eigenvalue weighted by Gasteiger charge is 2.27. The summed E-state index contributed by atoms with van der Waals surface area (Å²) in [5.74, 6) is 0.794. The number of ether oxygens (including phenoxy) is 1. The number of hydrogen-bond acceptors (Lipinski definition) is 4. The normalized spacial score (nSPS) is 23.8. The van der Waals surface area contributed by atoms with Gasteiger partial charge in [0.2, 0.25) is 5.91 Å². The highest BCUT2D eigenvalue weighted by atomic mass is 16.5. The van der Waals surface area contributed by atoms with E-state index in [1.54, 1.807) is 7.11 Å². The van der Waals surface area contributed by atoms with Crippen LogP contribution in [-0.4, -0.2) is 63.3 Å². The van der Waals surface area contributed by atoms with Crippen LogP contribution in [0.4, 0.5) is 0 Å². The van der Waals surface area contributed by atoms with Gasteiger partial charge in [0, 0.05) is 39.4 Å². The van der Waals surface area contributed by atoms with Crippen LogP contribution >= 0.6 is 0 Å². The van der Waals surface area contributed by atoms with E-state index in [0.717, 1.165) is 32.5 Å². The molecule has 1 aliphatic heterocycles. The highest BCUT2D eigenvalue weighted by Crippen LogP contribution is 2.19. The summed E-state index contributed by atoms with van der Waals surface area (Å²) in [5, 5.41) is 6.52. The molecule has 2 unspecified atom stereocenters. The molecule has 1 rings (SSSR count). The number of rotatable bonds is 9. The minimum absolute atomic E-state index is 0.137. The monoisotopic (exact) mass is 285 g/mol. The highest BCUT2D eigenvalue weighted by molar-refractivity contribution is 5.77. The fraction of sp³-hybridized carbons (Fsp3) is 0.933. The van der Waals surface area contributed by atoms with Gasteiger partial charge in [0.1, 0.15) is 0 Å². The van der Waals surface area contributed by atoms with Crippen molar-refractivity contribution in [3.63, 3.8) is 0 Å². The lowest BCUT2D eigenvalue weighted by Crippen LogP contribution is -2.51. The molecule has 0 saturated carbocycles. The summed E-state index contributed by atoms with van der Waals surface area (Å²) in [6.45, 7) is 9.41. The number of hydrogen-bond donors (Lipinski definition) is 2. The van der Waals surface area contributed by atoms with E-state index < -0.39 is 0 Å². The molecule has 2 atom stereocenters. The molecule has 0 aromatic rings. The minimum atomic E-state index is 0.137. The fourth-order valence-corrected chi connectivity index (χ4v) is 2.90. The summed E-state index contributed by atoms with van der Waals surface area (Å²) in [6.07, 6.45) is 3.19. The molecule has 1 saturated heterocycles. The number of carbonyl (C=O) groups excluding carboxylic acids is 1. The van der Waals surface area contributed by atoms with Crippen molar-refractivity contribution in [2.24, 2.45) is 5.92 Å². The SMILES string of the molecule is CCNC1CCN(CC(=O)NCCCOC)CC1CC. The summed E-state index contributed by atoms with van der Waals surface area (Å²) in [6, 6.07) is 0.617. The van der Waals surface area contributed by atoms with Gasteiger partial charge in [-0.1, -0.05) is 20.3 Å². The lowest BCUT2D eigenvalue weighted by Gasteiger charge is -2.38. The standard InChI is InChI=1S/C15H31N3O2/c1-4-13-11-18(9-7-14(13)16-5-2)12-15(19)17-8-6-10-20-3/h13-14,16H,4-12H2,1-3H3,(H,17,19). The molecule has 5 heteroatoms. The van der Waals surface area contributed by atoms with Crippen LogP contribution in [0.15, 0.2) is 0 Å². The Hall–Kier alpha value is -0.650. The molecular formula is C15H31N3O2. The predicted octanol–water partition coefficient (Wildman–Crippen LogP) is 0.849. The molecule has 0 aromatic heterocycles. The second-order valence-corrected chi connectivity index (χ2v) is 5.55. The summed E-state index contributed by atoms with van der Waals surface area (Å²) >= 11 is 0. The third-order valence-corrected chi connectivity index (χ3v) is 4.02. The van der Waals surface area contributed by atoms with E-state index in [9.17, 15) is 4.79 Å². The fourth-order valence-electron chi connectivity index (χ4n) is 2.90. The average molecular weight is 285 g/mol. The Morgan fingerprint density at radius 1 is 1.40 bits per heavy atom. The van der Waals surface area contributed by atoms with Gasteiger partial charge in [0.15, 0.2) is 0 Å². The third kappa shape index (κ3) is 6.20. The van der Waals surface area contributed by atoms with Crippen molar-refractivity contribution >= 4 is 5.91 Å². The van der Waals surface area contributed by atoms with Gasteiger partial charge in [-0.25, -0.2) is 0 Å². The van der Waals surface area contributed by atoms with E-state index >= 15 is 0 Å². The smallest absolute Gasteiger partial charge is 0.234 e. The molecule has 0 aromatic carbocycles. The molecule has 0 aliphatic carbocycles. The van der Waals surface area contributed by atoms with E-state index in [4.69, 9.17) is 4.74 Å². The third-order valence-electron chi connectivity index (χ3n) is 4.02. The zero-order chi connectivity index (χ0) is 14.8. The molecule has 1 amide bonds. The number of amides is 1. The van der Waals surface area contributed by atoms with Crippen molar-refractivity contribution in [2.75, 3.05) is 46.4 Å². The van der Waals surface area contributed by atoms with Crippen LogP contribution < -0.4 is 10.6 Å². The quantitative estimate of drug-likeness (QED) is 0.617. The van der Waals surface area contributed by atoms with E-state index in [1.165, 1.54) is 6.42 Å². The maximum atomic E-state index is 11.9. The van der Waals surface area contributed by atoms with E-state index in [-0.39, 0.29) is 5.91 Å². The van der Waals surface area contributed by atoms with Gasteiger partial charge >= 0.3 is 0 Å². The van der Waals surface area contributed by atoms with Crippen LogP contribution in [0.2, 0.25) is 0 Å². The maximum Gasteiger partial charge on any atom is 0.234 e. The number of nitrogens with zero attached hydrogens (tertiary/aromatic N) is 1. The molecular weight excluding hydrogens is 254 g/mol. The Morgan fingerprint density at radius 2 is 2.20 bits per heavy atom. The van der Waals surface area contributed by atoms with E-state index in [0.29, 0.717) is 31.7 Å². The summed E-state index contributed by atoms with van der Waals surface area (Å²) < 4.78 is 4.97. The lowest BCUT2D eigenvalue weighted by atomic mass is 9.90. The van der Waals surface area contributed by atoms with Crippen LogP contribution in [-0.2, 0) is 9.53 Å². The van der Waals surface area contributed by atoms with E-state index in [1.807, 2.05) is 0 Å². The predicted molar refractivity (Wildman–Crippen MR) is 81.8 cm³/mol. The molecule has 1 fully saturated rings. The molecule has 5 nitrogen and oxygen atoms in total. The molecule has 0 bridgehead atoms. The van der Waals surface area contributed by atoms with Crippen molar-refractivity contribution in [2.45, 2.75) is 39.2 Å². The van der Waals surface area contributed by atoms with Crippen LogP contribution in [0.3, 0.4) is 0 Å². The molecule has 118 valence electrons. The first kappa shape index (κ1) is 17.4. The topological polar surface area (TPSA) is 53.6 Å². The number of carbonyl (C=O) groups is 1. The van der Waals surface area contributed by atoms with Crippen molar-refractivity contribution in [3.8, 4) is 0 Å². The number of piperidine rings is 1. The Morgan fingerprint density at radius 3 is 2.85 bits per heavy atom. The van der Waals surface area contributed by atoms with Gasteiger partial charge in [0.25, 0.3) is 0 Å². The van der Waals surface area contributed by atoms with Crippen LogP contribution in [0.25, 0.3) is 0 Å². The van der Waals surface area contributed by atoms with Gasteiger partial charge < -0.3 is 15.4 Å². The van der Waals surface area contributed by atoms with Gasteiger partial charge in [-0.05, 0) is 25.3 Å². The largest absolute Gasteiger partial charge is 0.385 e. The number of likely N-dealkylation sites (tertiary alicyclic amines) is 1. The molecule has 2 N–H and O–H groups in total. The Bertz CT molecular complexity index is 274. The Labute approximate surface area is 123 Å². The van der Waals surface area contributed by atoms with Gasteiger partial charge in [-0.3, -0.25) is 9.69 Å². The molecule has 1 heterocycles. The molecule has 1 aliphatic rings. The van der Waals surface area contributed by atoms with Gasteiger partial charge in [-0.15, -0.1) is 0 Å². The zero-order valence-electron chi connectivity index (χ0n) is 13.3. The summed E-state index contributed by atoms with van der Waals surface area (Å²) in [4.78, 5) is 14.2. The lowest BCUT2D eigenvalue weighted by molar-refractivity contribution is -0.122. The second-order valence-electron chi connectivity index (χ2n) is 5.55. The number of nitrogens with one attached hydrogen (secondary N) is 2. The number of methoxy groups -OCH3 is 1. The van der Waals surface area contributed by atoms with Crippen molar-refractivity contribution < 1.29 is 9.53 Å². The van der Waals surface area contributed by atoms with Crippen molar-refractivity contribution in [1.82, 2.24) is 15.5 Å².